The maximum Gasteiger partial charge on any atom is 0.228 e. The molecule has 0 radical (unpaired) electrons. The van der Waals surface area contributed by atoms with Gasteiger partial charge in [-0.1, -0.05) is 0 Å². The van der Waals surface area contributed by atoms with Gasteiger partial charge in [-0.15, -0.1) is 0 Å². The molecule has 0 bridgehead atoms. The zero-order valence-corrected chi connectivity index (χ0v) is 30.6. The normalized spacial score (nSPS) is 28.2. The molecule has 0 saturated carbocycles. The van der Waals surface area contributed by atoms with E-state index >= 15 is 0 Å². The Kier molecular flexibility index (Phi) is 13.0. The van der Waals surface area contributed by atoms with Gasteiger partial charge in [0, 0.05) is 37.9 Å². The van der Waals surface area contributed by atoms with Crippen LogP contribution in [0.2, 0.25) is 0 Å². The molecule has 300 valence electrons. The highest BCUT2D eigenvalue weighted by atomic mass is 16.7. The van der Waals surface area contributed by atoms with Gasteiger partial charge in [0.25, 0.3) is 0 Å². The maximum atomic E-state index is 13.6. The van der Waals surface area contributed by atoms with Gasteiger partial charge in [-0.3, -0.25) is 24.2 Å². The number of nitrogens with zero attached hydrogens (tertiary/aromatic N) is 6. The summed E-state index contributed by atoms with van der Waals surface area (Å²) < 4.78 is 10.7. The lowest BCUT2D eigenvalue weighted by atomic mass is 9.83. The van der Waals surface area contributed by atoms with Gasteiger partial charge in [0.2, 0.25) is 5.95 Å². The van der Waals surface area contributed by atoms with E-state index in [9.17, 15) is 50.1 Å². The molecule has 3 aliphatic heterocycles. The van der Waals surface area contributed by atoms with Crippen molar-refractivity contribution in [3.05, 3.63) is 41.4 Å². The number of anilines is 3. The van der Waals surface area contributed by atoms with Gasteiger partial charge >= 0.3 is 0 Å². The van der Waals surface area contributed by atoms with Crippen molar-refractivity contribution in [1.82, 2.24) is 24.8 Å². The summed E-state index contributed by atoms with van der Waals surface area (Å²) in [5.41, 5.74) is 2.83. The van der Waals surface area contributed by atoms with Crippen LogP contribution in [0.25, 0.3) is 5.57 Å². The number of aliphatic hydroxyl groups is 7. The summed E-state index contributed by atoms with van der Waals surface area (Å²) in [6.07, 6.45) is -8.61. The highest BCUT2D eigenvalue weighted by Crippen LogP contribution is 2.39. The first-order valence-electron chi connectivity index (χ1n) is 18.4. The number of carbonyl (C=O) groups is 3. The maximum absolute atomic E-state index is 13.6. The third-order valence-corrected chi connectivity index (χ3v) is 10.7. The zero-order chi connectivity index (χ0) is 39.6. The van der Waals surface area contributed by atoms with Gasteiger partial charge < -0.3 is 55.4 Å². The predicted octanol–water partition coefficient (Wildman–Crippen LogP) is -2.71. The van der Waals surface area contributed by atoms with E-state index in [-0.39, 0.29) is 29.6 Å². The molecule has 2 aromatic heterocycles. The lowest BCUT2D eigenvalue weighted by molar-refractivity contribution is -0.323. The van der Waals surface area contributed by atoms with Gasteiger partial charge in [-0.2, -0.15) is 0 Å². The van der Waals surface area contributed by atoms with Crippen LogP contribution < -0.4 is 10.2 Å². The monoisotopic (exact) mass is 771 g/mol. The van der Waals surface area contributed by atoms with Crippen LogP contribution in [0.4, 0.5) is 17.5 Å². The largest absolute Gasteiger partial charge is 0.394 e. The molecule has 6 rings (SSSR count). The van der Waals surface area contributed by atoms with E-state index in [1.165, 1.54) is 6.92 Å². The number of aliphatic hydroxyl groups excluding tert-OH is 7. The van der Waals surface area contributed by atoms with Crippen LogP contribution in [0.3, 0.4) is 0 Å². The minimum atomic E-state index is -1.96. The van der Waals surface area contributed by atoms with Crippen molar-refractivity contribution in [2.24, 2.45) is 0 Å². The minimum Gasteiger partial charge on any atom is -0.394 e. The Morgan fingerprint density at radius 2 is 1.69 bits per heavy atom. The van der Waals surface area contributed by atoms with Crippen LogP contribution in [-0.4, -0.2) is 186 Å². The Bertz CT molecular complexity index is 1730. The SMILES string of the molecule is CC(=O)C1=C(C)c2cnc(Nc3ccc(N4CCN(CC(=O)[C@@H](O)[C@H](O[C@@H]5O[C@H](CO)[C@H](O)[C@H](O)[C@H]5O)[C@H](O)CO)CC4)cn3)nc2C(N2CCCC2)C1=O. The average Bonchev–Trinajstić information content (AvgIpc) is 3.71. The summed E-state index contributed by atoms with van der Waals surface area (Å²) in [5.74, 6) is -0.507. The summed E-state index contributed by atoms with van der Waals surface area (Å²) in [6.45, 7) is 4.64. The molecular formula is C36H49N7O12. The first kappa shape index (κ1) is 40.8. The van der Waals surface area contributed by atoms with Crippen molar-refractivity contribution >= 4 is 40.4 Å². The van der Waals surface area contributed by atoms with Crippen molar-refractivity contribution in [3.8, 4) is 0 Å². The highest BCUT2D eigenvalue weighted by Gasteiger charge is 2.47. The zero-order valence-electron chi connectivity index (χ0n) is 30.6. The molecule has 19 nitrogen and oxygen atoms in total. The summed E-state index contributed by atoms with van der Waals surface area (Å²) in [7, 11) is 0. The van der Waals surface area contributed by atoms with Gasteiger partial charge in [0.1, 0.15) is 54.6 Å². The molecule has 9 atom stereocenters. The van der Waals surface area contributed by atoms with Crippen molar-refractivity contribution in [2.45, 2.75) is 81.7 Å². The third-order valence-electron chi connectivity index (χ3n) is 10.7. The number of Topliss-reactive ketones (excluding diaryl/α,β-unsaturated/α-hetero) is 3. The molecule has 0 amide bonds. The Balaban J connectivity index is 1.05. The van der Waals surface area contributed by atoms with E-state index < -0.39 is 74.1 Å². The number of pyridine rings is 1. The number of aromatic nitrogens is 3. The molecule has 1 unspecified atom stereocenters. The number of piperazine rings is 1. The van der Waals surface area contributed by atoms with Crippen LogP contribution in [-0.2, 0) is 23.9 Å². The minimum absolute atomic E-state index is 0.197. The van der Waals surface area contributed by atoms with Crippen LogP contribution >= 0.6 is 0 Å². The van der Waals surface area contributed by atoms with Gasteiger partial charge in [0.15, 0.2) is 23.6 Å². The molecule has 3 saturated heterocycles. The fourth-order valence-corrected chi connectivity index (χ4v) is 7.55. The molecule has 1 aliphatic carbocycles. The summed E-state index contributed by atoms with van der Waals surface area (Å²) >= 11 is 0. The predicted molar refractivity (Wildman–Crippen MR) is 193 cm³/mol. The fourth-order valence-electron chi connectivity index (χ4n) is 7.55. The summed E-state index contributed by atoms with van der Waals surface area (Å²) in [5, 5.41) is 73.8. The molecule has 55 heavy (non-hydrogen) atoms. The van der Waals surface area contributed by atoms with Crippen LogP contribution in [0.1, 0.15) is 44.0 Å². The molecule has 4 aliphatic rings. The molecule has 3 fully saturated rings. The van der Waals surface area contributed by atoms with Crippen molar-refractivity contribution in [1.29, 1.82) is 0 Å². The molecule has 19 heteroatoms. The molecule has 8 N–H and O–H groups in total. The average molecular weight is 772 g/mol. The van der Waals surface area contributed by atoms with E-state index in [1.54, 1.807) is 30.3 Å². The number of nitrogens with one attached hydrogen (secondary N) is 1. The summed E-state index contributed by atoms with van der Waals surface area (Å²) in [4.78, 5) is 58.8. The number of ether oxygens (including phenoxy) is 2. The Labute approximate surface area is 316 Å². The fraction of sp³-hybridized carbons (Fsp3) is 0.611. The van der Waals surface area contributed by atoms with Crippen molar-refractivity contribution < 1.29 is 59.6 Å². The molecule has 0 spiro atoms. The lowest BCUT2D eigenvalue weighted by Crippen LogP contribution is -2.61. The lowest BCUT2D eigenvalue weighted by Gasteiger charge is -2.42. The van der Waals surface area contributed by atoms with Gasteiger partial charge in [-0.25, -0.2) is 15.0 Å². The van der Waals surface area contributed by atoms with Crippen LogP contribution in [0.5, 0.6) is 0 Å². The second-order valence-corrected chi connectivity index (χ2v) is 14.3. The van der Waals surface area contributed by atoms with E-state index in [4.69, 9.17) is 14.5 Å². The van der Waals surface area contributed by atoms with E-state index in [1.807, 2.05) is 6.07 Å². The first-order valence-corrected chi connectivity index (χ1v) is 18.4. The van der Waals surface area contributed by atoms with Crippen LogP contribution in [0.15, 0.2) is 30.1 Å². The van der Waals surface area contributed by atoms with Gasteiger partial charge in [0.05, 0.1) is 42.9 Å². The first-order chi connectivity index (χ1) is 26.3. The van der Waals surface area contributed by atoms with E-state index in [0.717, 1.165) is 31.6 Å². The van der Waals surface area contributed by atoms with Crippen molar-refractivity contribution in [2.75, 3.05) is 69.2 Å². The third kappa shape index (κ3) is 8.61. The number of rotatable bonds is 14. The Morgan fingerprint density at radius 1 is 0.982 bits per heavy atom. The number of carbonyl (C=O) groups excluding carboxylic acids is 3. The number of fused-ring (bicyclic) bond motifs is 1. The molecule has 5 heterocycles. The van der Waals surface area contributed by atoms with E-state index in [2.05, 4.69) is 25.1 Å². The molecule has 0 aromatic carbocycles. The number of allylic oxidation sites excluding steroid dienone is 1. The second kappa shape index (κ2) is 17.5. The smallest absolute Gasteiger partial charge is 0.228 e. The number of hydrogen-bond donors (Lipinski definition) is 8. The quantitative estimate of drug-likeness (QED) is 0.0907. The van der Waals surface area contributed by atoms with E-state index in [0.29, 0.717) is 48.8 Å². The number of hydrogen-bond acceptors (Lipinski definition) is 19. The second-order valence-electron chi connectivity index (χ2n) is 14.3. The topological polar surface area (TPSA) is 272 Å². The van der Waals surface area contributed by atoms with Crippen molar-refractivity contribution in [3.63, 3.8) is 0 Å². The standard InChI is InChI=1S/C36H49N7O12/c1-18-21-14-38-36(40-27(21)28(43-7-3-4-8-43)31(51)26(18)19(2)46)39-25-6-5-20(13-37-25)42-11-9-41(10-12-42)15-22(47)29(49)34(23(48)16-44)55-35-33(53)32(52)30(50)24(17-45)54-35/h5-6,13-14,23-24,28-30,32-35,44-45,48-50,52-53H,3-4,7-12,15-17H2,1-2H3,(H,37,38,39,40)/t23-,24-,28?,29-,30+,32+,33-,34-,35+/m1/s1. The number of likely N-dealkylation sites (tertiary alicyclic amines) is 1. The molecular weight excluding hydrogens is 722 g/mol. The Morgan fingerprint density at radius 3 is 2.31 bits per heavy atom. The highest BCUT2D eigenvalue weighted by molar-refractivity contribution is 6.27. The molecule has 2 aromatic rings. The van der Waals surface area contributed by atoms with Crippen LogP contribution in [0, 0.1) is 0 Å². The summed E-state index contributed by atoms with van der Waals surface area (Å²) in [6, 6.07) is 2.99. The number of ketones is 3. The van der Waals surface area contributed by atoms with Gasteiger partial charge in [-0.05, 0) is 57.5 Å². The Hall–Kier alpha value is -3.86.